The van der Waals surface area contributed by atoms with Crippen LogP contribution in [0.3, 0.4) is 0 Å². The summed E-state index contributed by atoms with van der Waals surface area (Å²) in [6.45, 7) is 1.56. The van der Waals surface area contributed by atoms with Gasteiger partial charge in [-0.05, 0) is 6.92 Å². The number of thiazole rings is 1. The Kier molecular flexibility index (Phi) is 3.77. The minimum absolute atomic E-state index is 0.00976. The van der Waals surface area contributed by atoms with Crippen LogP contribution in [0.15, 0.2) is 5.38 Å². The zero-order valence-corrected chi connectivity index (χ0v) is 9.56. The van der Waals surface area contributed by atoms with Crippen LogP contribution < -0.4 is 4.72 Å². The smallest absolute Gasteiger partial charge is 0.355 e. The van der Waals surface area contributed by atoms with Crippen LogP contribution in [0.25, 0.3) is 0 Å². The molecule has 0 amide bonds. The zero-order valence-electron chi connectivity index (χ0n) is 7.93. The molecule has 0 fully saturated rings. The minimum atomic E-state index is -3.26. The highest BCUT2D eigenvalue weighted by atomic mass is 32.2. The fourth-order valence-electron chi connectivity index (χ4n) is 0.764. The third kappa shape index (κ3) is 3.57. The normalized spacial score (nSPS) is 11.5. The van der Waals surface area contributed by atoms with Crippen LogP contribution in [0.4, 0.5) is 0 Å². The number of hydrogen-bond acceptors (Lipinski definition) is 5. The number of rotatable bonds is 5. The largest absolute Gasteiger partial charge is 0.476 e. The van der Waals surface area contributed by atoms with E-state index in [0.29, 0.717) is 5.01 Å². The van der Waals surface area contributed by atoms with E-state index in [1.165, 1.54) is 12.3 Å². The molecule has 0 saturated carbocycles. The molecule has 0 spiro atoms. The summed E-state index contributed by atoms with van der Waals surface area (Å²) in [5.74, 6) is -1.12. The number of nitrogens with zero attached hydrogens (tertiary/aromatic N) is 1. The van der Waals surface area contributed by atoms with Crippen molar-refractivity contribution in [3.8, 4) is 0 Å². The molecule has 1 aromatic rings. The Labute approximate surface area is 91.0 Å². The molecule has 0 aliphatic carbocycles. The van der Waals surface area contributed by atoms with Gasteiger partial charge in [0.05, 0.1) is 12.3 Å². The second kappa shape index (κ2) is 4.69. The van der Waals surface area contributed by atoms with Gasteiger partial charge in [0, 0.05) is 5.38 Å². The van der Waals surface area contributed by atoms with Crippen LogP contribution >= 0.6 is 11.3 Å². The first-order chi connectivity index (χ1) is 6.94. The van der Waals surface area contributed by atoms with Gasteiger partial charge in [-0.15, -0.1) is 11.3 Å². The van der Waals surface area contributed by atoms with E-state index in [1.807, 2.05) is 0 Å². The monoisotopic (exact) mass is 250 g/mol. The predicted octanol–water partition coefficient (Wildman–Crippen LogP) is 0.281. The molecule has 0 aliphatic rings. The van der Waals surface area contributed by atoms with Crippen molar-refractivity contribution in [2.45, 2.75) is 13.5 Å². The number of sulfonamides is 1. The van der Waals surface area contributed by atoms with Crippen LogP contribution in [0, 0.1) is 0 Å². The van der Waals surface area contributed by atoms with E-state index in [1.54, 1.807) is 0 Å². The molecule has 1 rings (SSSR count). The summed E-state index contributed by atoms with van der Waals surface area (Å²) < 4.78 is 24.4. The Balaban J connectivity index is 2.63. The van der Waals surface area contributed by atoms with Crippen molar-refractivity contribution in [2.24, 2.45) is 0 Å². The Bertz CT molecular complexity index is 451. The average molecular weight is 250 g/mol. The zero-order chi connectivity index (χ0) is 11.5. The molecular formula is C7H10N2O4S2. The standard InChI is InChI=1S/C7H10N2O4S2/c1-2-15(12,13)8-3-6-9-5(4-14-6)7(10)11/h4,8H,2-3H2,1H3,(H,10,11). The second-order valence-corrected chi connectivity index (χ2v) is 5.69. The fraction of sp³-hybridized carbons (Fsp3) is 0.429. The minimum Gasteiger partial charge on any atom is -0.476 e. The predicted molar refractivity (Wildman–Crippen MR) is 55.4 cm³/mol. The van der Waals surface area contributed by atoms with Gasteiger partial charge in [-0.2, -0.15) is 0 Å². The Hall–Kier alpha value is -0.990. The molecule has 0 unspecified atom stereocenters. The lowest BCUT2D eigenvalue weighted by Crippen LogP contribution is -2.24. The number of hydrogen-bond donors (Lipinski definition) is 2. The summed E-state index contributed by atoms with van der Waals surface area (Å²) in [6, 6.07) is 0. The van der Waals surface area contributed by atoms with Crippen molar-refractivity contribution >= 4 is 27.3 Å². The van der Waals surface area contributed by atoms with Crippen LogP contribution in [0.1, 0.15) is 22.4 Å². The molecule has 0 radical (unpaired) electrons. The van der Waals surface area contributed by atoms with Crippen molar-refractivity contribution in [3.05, 3.63) is 16.1 Å². The van der Waals surface area contributed by atoms with Gasteiger partial charge in [-0.1, -0.05) is 0 Å². The van der Waals surface area contributed by atoms with E-state index in [2.05, 4.69) is 9.71 Å². The highest BCUT2D eigenvalue weighted by molar-refractivity contribution is 7.89. The van der Waals surface area contributed by atoms with E-state index < -0.39 is 16.0 Å². The topological polar surface area (TPSA) is 96.4 Å². The van der Waals surface area contributed by atoms with Crippen LogP contribution in [-0.2, 0) is 16.6 Å². The van der Waals surface area contributed by atoms with Crippen molar-refractivity contribution < 1.29 is 18.3 Å². The van der Waals surface area contributed by atoms with E-state index in [4.69, 9.17) is 5.11 Å². The van der Waals surface area contributed by atoms with Gasteiger partial charge in [0.25, 0.3) is 0 Å². The Morgan fingerprint density at radius 3 is 2.80 bits per heavy atom. The maximum absolute atomic E-state index is 11.1. The summed E-state index contributed by atoms with van der Waals surface area (Å²) in [5, 5.41) is 10.4. The molecule has 2 N–H and O–H groups in total. The molecule has 0 aromatic carbocycles. The van der Waals surface area contributed by atoms with Crippen molar-refractivity contribution in [1.29, 1.82) is 0 Å². The van der Waals surface area contributed by atoms with Gasteiger partial charge in [0.2, 0.25) is 10.0 Å². The SMILES string of the molecule is CCS(=O)(=O)NCc1nc(C(=O)O)cs1. The van der Waals surface area contributed by atoms with E-state index in [0.717, 1.165) is 11.3 Å². The highest BCUT2D eigenvalue weighted by Crippen LogP contribution is 2.09. The number of carboxylic acids is 1. The molecule has 8 heteroatoms. The molecular weight excluding hydrogens is 240 g/mol. The molecule has 1 heterocycles. The van der Waals surface area contributed by atoms with Gasteiger partial charge in [0.15, 0.2) is 5.69 Å². The fourth-order valence-corrected chi connectivity index (χ4v) is 2.12. The lowest BCUT2D eigenvalue weighted by atomic mass is 10.5. The van der Waals surface area contributed by atoms with Crippen molar-refractivity contribution in [3.63, 3.8) is 0 Å². The number of nitrogens with one attached hydrogen (secondary N) is 1. The lowest BCUT2D eigenvalue weighted by molar-refractivity contribution is 0.0691. The van der Waals surface area contributed by atoms with Gasteiger partial charge < -0.3 is 5.11 Å². The molecule has 0 bridgehead atoms. The summed E-state index contributed by atoms with van der Waals surface area (Å²) in [7, 11) is -3.26. The van der Waals surface area contributed by atoms with Gasteiger partial charge in [-0.3, -0.25) is 0 Å². The van der Waals surface area contributed by atoms with Crippen molar-refractivity contribution in [1.82, 2.24) is 9.71 Å². The third-order valence-corrected chi connectivity index (χ3v) is 3.79. The van der Waals surface area contributed by atoms with Gasteiger partial charge >= 0.3 is 5.97 Å². The summed E-state index contributed by atoms with van der Waals surface area (Å²) >= 11 is 1.11. The first-order valence-electron chi connectivity index (χ1n) is 4.09. The van der Waals surface area contributed by atoms with E-state index in [-0.39, 0.29) is 18.0 Å². The third-order valence-electron chi connectivity index (χ3n) is 1.59. The van der Waals surface area contributed by atoms with E-state index >= 15 is 0 Å². The van der Waals surface area contributed by atoms with Crippen LogP contribution in [0.5, 0.6) is 0 Å². The molecule has 1 aromatic heterocycles. The molecule has 15 heavy (non-hydrogen) atoms. The number of aromatic carboxylic acids is 1. The molecule has 0 aliphatic heterocycles. The van der Waals surface area contributed by atoms with Gasteiger partial charge in [-0.25, -0.2) is 22.9 Å². The first kappa shape index (κ1) is 12.1. The molecule has 84 valence electrons. The first-order valence-corrected chi connectivity index (χ1v) is 6.63. The van der Waals surface area contributed by atoms with Crippen LogP contribution in [-0.4, -0.2) is 30.2 Å². The summed E-state index contributed by atoms with van der Waals surface area (Å²) in [6.07, 6.45) is 0. The van der Waals surface area contributed by atoms with E-state index in [9.17, 15) is 13.2 Å². The highest BCUT2D eigenvalue weighted by Gasteiger charge is 2.11. The summed E-state index contributed by atoms with van der Waals surface area (Å²) in [4.78, 5) is 14.2. The van der Waals surface area contributed by atoms with Crippen LogP contribution in [0.2, 0.25) is 0 Å². The maximum Gasteiger partial charge on any atom is 0.355 e. The molecule has 6 nitrogen and oxygen atoms in total. The number of aromatic nitrogens is 1. The number of carboxylic acid groups (broad SMARTS) is 1. The molecule has 0 saturated heterocycles. The molecule has 0 atom stereocenters. The average Bonchev–Trinajstić information content (AvgIpc) is 2.63. The quantitative estimate of drug-likeness (QED) is 0.782. The lowest BCUT2D eigenvalue weighted by Gasteiger charge is -2.00. The van der Waals surface area contributed by atoms with Gasteiger partial charge in [0.1, 0.15) is 5.01 Å². The Morgan fingerprint density at radius 1 is 1.67 bits per heavy atom. The second-order valence-electron chi connectivity index (χ2n) is 2.66. The Morgan fingerprint density at radius 2 is 2.33 bits per heavy atom. The summed E-state index contributed by atoms with van der Waals surface area (Å²) in [5.41, 5.74) is -0.0642. The maximum atomic E-state index is 11.1. The van der Waals surface area contributed by atoms with Crippen molar-refractivity contribution in [2.75, 3.05) is 5.75 Å². The number of carbonyl (C=O) groups is 1.